The number of nitrogens with zero attached hydrogens (tertiary/aromatic N) is 1. The summed E-state index contributed by atoms with van der Waals surface area (Å²) in [5.41, 5.74) is 1.35. The molecule has 1 aromatic carbocycles. The van der Waals surface area contributed by atoms with Crippen molar-refractivity contribution < 1.29 is 4.79 Å². The minimum atomic E-state index is 0.448. The normalized spacial score (nSPS) is 21.8. The molecule has 0 N–H and O–H groups in total. The standard InChI is InChI=1S/C16H23NO/c1-2-7-15-12-16(18)10-6-11-17(15)13-14-8-4-3-5-9-14/h3-5,8-9,15H,2,6-7,10-13H2,1H3. The summed E-state index contributed by atoms with van der Waals surface area (Å²) in [5, 5.41) is 0. The Bertz CT molecular complexity index is 374. The van der Waals surface area contributed by atoms with Crippen LogP contribution in [0.15, 0.2) is 30.3 Å². The number of benzene rings is 1. The maximum absolute atomic E-state index is 11.7. The van der Waals surface area contributed by atoms with Crippen molar-refractivity contribution in [3.05, 3.63) is 35.9 Å². The van der Waals surface area contributed by atoms with Gasteiger partial charge in [-0.3, -0.25) is 9.69 Å². The van der Waals surface area contributed by atoms with E-state index in [-0.39, 0.29) is 0 Å². The zero-order valence-corrected chi connectivity index (χ0v) is 11.3. The largest absolute Gasteiger partial charge is 0.300 e. The van der Waals surface area contributed by atoms with E-state index < -0.39 is 0 Å². The van der Waals surface area contributed by atoms with E-state index in [1.54, 1.807) is 0 Å². The summed E-state index contributed by atoms with van der Waals surface area (Å²) in [7, 11) is 0. The Balaban J connectivity index is 2.05. The van der Waals surface area contributed by atoms with E-state index in [0.29, 0.717) is 11.8 Å². The van der Waals surface area contributed by atoms with Gasteiger partial charge in [-0.05, 0) is 24.9 Å². The molecule has 1 aliphatic heterocycles. The molecule has 2 rings (SSSR count). The number of likely N-dealkylation sites (tertiary alicyclic amines) is 1. The highest BCUT2D eigenvalue weighted by atomic mass is 16.1. The van der Waals surface area contributed by atoms with E-state index in [1.807, 2.05) is 0 Å². The van der Waals surface area contributed by atoms with Gasteiger partial charge in [-0.25, -0.2) is 0 Å². The highest BCUT2D eigenvalue weighted by Crippen LogP contribution is 2.20. The number of rotatable bonds is 4. The molecule has 1 unspecified atom stereocenters. The Kier molecular flexibility index (Phi) is 4.94. The topological polar surface area (TPSA) is 20.3 Å². The number of hydrogen-bond donors (Lipinski definition) is 0. The van der Waals surface area contributed by atoms with Crippen LogP contribution in [0.25, 0.3) is 0 Å². The first-order valence-electron chi connectivity index (χ1n) is 7.09. The van der Waals surface area contributed by atoms with Crippen molar-refractivity contribution in [2.45, 2.75) is 51.6 Å². The van der Waals surface area contributed by atoms with Crippen molar-refractivity contribution in [3.8, 4) is 0 Å². The minimum Gasteiger partial charge on any atom is -0.300 e. The van der Waals surface area contributed by atoms with Crippen LogP contribution >= 0.6 is 0 Å². The zero-order chi connectivity index (χ0) is 12.8. The van der Waals surface area contributed by atoms with Gasteiger partial charge < -0.3 is 0 Å². The van der Waals surface area contributed by atoms with Crippen molar-refractivity contribution in [1.29, 1.82) is 0 Å². The quantitative estimate of drug-likeness (QED) is 0.810. The molecule has 0 saturated carbocycles. The molecule has 98 valence electrons. The van der Waals surface area contributed by atoms with Crippen molar-refractivity contribution in [3.63, 3.8) is 0 Å². The van der Waals surface area contributed by atoms with Crippen LogP contribution < -0.4 is 0 Å². The van der Waals surface area contributed by atoms with Gasteiger partial charge in [0, 0.05) is 25.4 Å². The Hall–Kier alpha value is -1.15. The van der Waals surface area contributed by atoms with Crippen LogP contribution in [0.2, 0.25) is 0 Å². The van der Waals surface area contributed by atoms with E-state index in [0.717, 1.165) is 45.2 Å². The summed E-state index contributed by atoms with van der Waals surface area (Å²) in [6.07, 6.45) is 4.83. The van der Waals surface area contributed by atoms with Crippen LogP contribution in [0.4, 0.5) is 0 Å². The summed E-state index contributed by atoms with van der Waals surface area (Å²) in [5.74, 6) is 0.448. The molecular formula is C16H23NO. The number of hydrogen-bond acceptors (Lipinski definition) is 2. The highest BCUT2D eigenvalue weighted by molar-refractivity contribution is 5.79. The highest BCUT2D eigenvalue weighted by Gasteiger charge is 2.23. The molecule has 1 aliphatic rings. The summed E-state index contributed by atoms with van der Waals surface area (Å²) in [6.45, 7) is 4.25. The Morgan fingerprint density at radius 2 is 2.06 bits per heavy atom. The van der Waals surface area contributed by atoms with E-state index in [4.69, 9.17) is 0 Å². The smallest absolute Gasteiger partial charge is 0.134 e. The average Bonchev–Trinajstić information content (AvgIpc) is 2.54. The first kappa shape index (κ1) is 13.3. The lowest BCUT2D eigenvalue weighted by Gasteiger charge is -2.29. The molecule has 18 heavy (non-hydrogen) atoms. The third-order valence-electron chi connectivity index (χ3n) is 3.73. The maximum Gasteiger partial charge on any atom is 0.134 e. The van der Waals surface area contributed by atoms with Gasteiger partial charge in [0.15, 0.2) is 0 Å². The van der Waals surface area contributed by atoms with Crippen molar-refractivity contribution in [2.75, 3.05) is 6.54 Å². The van der Waals surface area contributed by atoms with Gasteiger partial charge in [0.1, 0.15) is 5.78 Å². The summed E-state index contributed by atoms with van der Waals surface area (Å²) in [4.78, 5) is 14.2. The van der Waals surface area contributed by atoms with Crippen molar-refractivity contribution >= 4 is 5.78 Å². The summed E-state index contributed by atoms with van der Waals surface area (Å²) < 4.78 is 0. The fourth-order valence-electron chi connectivity index (χ4n) is 2.80. The lowest BCUT2D eigenvalue weighted by Crippen LogP contribution is -2.35. The monoisotopic (exact) mass is 245 g/mol. The minimum absolute atomic E-state index is 0.448. The molecule has 1 fully saturated rings. The van der Waals surface area contributed by atoms with Gasteiger partial charge in [0.05, 0.1) is 0 Å². The molecular weight excluding hydrogens is 222 g/mol. The molecule has 0 aliphatic carbocycles. The van der Waals surface area contributed by atoms with Gasteiger partial charge in [0.25, 0.3) is 0 Å². The van der Waals surface area contributed by atoms with E-state index in [9.17, 15) is 4.79 Å². The third kappa shape index (κ3) is 3.67. The maximum atomic E-state index is 11.7. The fraction of sp³-hybridized carbons (Fsp3) is 0.562. The average molecular weight is 245 g/mol. The van der Waals surface area contributed by atoms with Gasteiger partial charge in [-0.2, -0.15) is 0 Å². The molecule has 1 atom stereocenters. The zero-order valence-electron chi connectivity index (χ0n) is 11.3. The van der Waals surface area contributed by atoms with Gasteiger partial charge in [0.2, 0.25) is 0 Å². The second kappa shape index (κ2) is 6.69. The molecule has 0 radical (unpaired) electrons. The van der Waals surface area contributed by atoms with Crippen LogP contribution in [0.5, 0.6) is 0 Å². The molecule has 1 aromatic rings. The van der Waals surface area contributed by atoms with Crippen LogP contribution in [-0.2, 0) is 11.3 Å². The van der Waals surface area contributed by atoms with E-state index in [2.05, 4.69) is 42.2 Å². The molecule has 1 saturated heterocycles. The SMILES string of the molecule is CCCC1CC(=O)CCCN1Cc1ccccc1. The van der Waals surface area contributed by atoms with Gasteiger partial charge in [-0.1, -0.05) is 43.7 Å². The first-order valence-corrected chi connectivity index (χ1v) is 7.09. The molecule has 2 heteroatoms. The third-order valence-corrected chi connectivity index (χ3v) is 3.73. The molecule has 2 nitrogen and oxygen atoms in total. The van der Waals surface area contributed by atoms with E-state index >= 15 is 0 Å². The van der Waals surface area contributed by atoms with E-state index in [1.165, 1.54) is 5.56 Å². The lowest BCUT2D eigenvalue weighted by molar-refractivity contribution is -0.119. The molecule has 1 heterocycles. The van der Waals surface area contributed by atoms with Gasteiger partial charge >= 0.3 is 0 Å². The van der Waals surface area contributed by atoms with Crippen molar-refractivity contribution in [2.24, 2.45) is 0 Å². The second-order valence-electron chi connectivity index (χ2n) is 5.24. The summed E-state index contributed by atoms with van der Waals surface area (Å²) >= 11 is 0. The first-order chi connectivity index (χ1) is 8.79. The van der Waals surface area contributed by atoms with Crippen LogP contribution in [0, 0.1) is 0 Å². The summed E-state index contributed by atoms with van der Waals surface area (Å²) in [6, 6.07) is 11.0. The number of Topliss-reactive ketones (excluding diaryl/α,β-unsaturated/α-hetero) is 1. The number of ketones is 1. The fourth-order valence-corrected chi connectivity index (χ4v) is 2.80. The predicted molar refractivity (Wildman–Crippen MR) is 74.4 cm³/mol. The van der Waals surface area contributed by atoms with Crippen LogP contribution in [0.1, 0.15) is 44.6 Å². The van der Waals surface area contributed by atoms with Gasteiger partial charge in [-0.15, -0.1) is 0 Å². The second-order valence-corrected chi connectivity index (χ2v) is 5.24. The molecule has 0 amide bonds. The molecule has 0 bridgehead atoms. The van der Waals surface area contributed by atoms with Crippen LogP contribution in [-0.4, -0.2) is 23.3 Å². The Morgan fingerprint density at radius 3 is 2.78 bits per heavy atom. The molecule has 0 aromatic heterocycles. The Labute approximate surface area is 110 Å². The lowest BCUT2D eigenvalue weighted by atomic mass is 10.0. The number of carbonyl (C=O) groups excluding carboxylic acids is 1. The number of carbonyl (C=O) groups is 1. The molecule has 0 spiro atoms. The van der Waals surface area contributed by atoms with Crippen molar-refractivity contribution in [1.82, 2.24) is 4.90 Å². The van der Waals surface area contributed by atoms with Crippen LogP contribution in [0.3, 0.4) is 0 Å². The Morgan fingerprint density at radius 1 is 1.28 bits per heavy atom. The predicted octanol–water partition coefficient (Wildman–Crippen LogP) is 3.41.